The largest absolute Gasteiger partial charge is 0.472 e. The maximum Gasteiger partial charge on any atom is 0.472 e. The lowest BCUT2D eigenvalue weighted by Gasteiger charge is -2.21. The van der Waals surface area contributed by atoms with Gasteiger partial charge in [0.2, 0.25) is 0 Å². The Labute approximate surface area is 233 Å². The molecule has 0 radical (unpaired) electrons. The van der Waals surface area contributed by atoms with Crippen molar-refractivity contribution in [2.45, 2.75) is 116 Å². The average molecular weight is 570 g/mol. The number of methoxy groups -OCH3 is 1. The third-order valence-corrected chi connectivity index (χ3v) is 7.68. The zero-order valence-corrected chi connectivity index (χ0v) is 25.4. The number of rotatable bonds is 31. The molecule has 0 heterocycles. The molecule has 9 nitrogen and oxygen atoms in total. The summed E-state index contributed by atoms with van der Waals surface area (Å²) >= 11 is 0. The molecule has 0 rings (SSSR count). The number of aliphatic hydroxyl groups excluding tert-OH is 2. The molecule has 10 heteroatoms. The number of unbranched alkanes of at least 4 members (excludes halogenated alkanes) is 15. The number of nitrogens with zero attached hydrogens (tertiary/aromatic N) is 1. The fourth-order valence-electron chi connectivity index (χ4n) is 4.27. The van der Waals surface area contributed by atoms with Crippen LogP contribution in [0.5, 0.6) is 0 Å². The van der Waals surface area contributed by atoms with Gasteiger partial charge in [0.25, 0.3) is 0 Å². The zero-order valence-electron chi connectivity index (χ0n) is 24.5. The van der Waals surface area contributed by atoms with Gasteiger partial charge in [-0.1, -0.05) is 103 Å². The first-order valence-electron chi connectivity index (χ1n) is 15.2. The molecule has 0 aliphatic rings. The van der Waals surface area contributed by atoms with Crippen molar-refractivity contribution >= 4 is 7.82 Å². The van der Waals surface area contributed by atoms with Crippen molar-refractivity contribution in [3.8, 4) is 0 Å². The third-order valence-electron chi connectivity index (χ3n) is 6.70. The first kappa shape index (κ1) is 37.9. The molecule has 2 atom stereocenters. The highest BCUT2D eigenvalue weighted by molar-refractivity contribution is 7.47. The summed E-state index contributed by atoms with van der Waals surface area (Å²) in [7, 11) is -2.71. The molecule has 0 fully saturated rings. The molecule has 0 saturated carbocycles. The van der Waals surface area contributed by atoms with Crippen LogP contribution >= 0.6 is 7.82 Å². The lowest BCUT2D eigenvalue weighted by molar-refractivity contribution is -0.0224. The summed E-state index contributed by atoms with van der Waals surface area (Å²) in [6.07, 6.45) is 20.8. The van der Waals surface area contributed by atoms with Gasteiger partial charge in [-0.25, -0.2) is 4.57 Å². The highest BCUT2D eigenvalue weighted by atomic mass is 31.2. The molecule has 0 aliphatic carbocycles. The summed E-state index contributed by atoms with van der Waals surface area (Å²) in [5.74, 6) is 0. The summed E-state index contributed by atoms with van der Waals surface area (Å²) in [5.41, 5.74) is 0. The molecule has 0 spiro atoms. The molecule has 3 N–H and O–H groups in total. The molecule has 38 heavy (non-hydrogen) atoms. The van der Waals surface area contributed by atoms with Crippen LogP contribution in [0.4, 0.5) is 0 Å². The van der Waals surface area contributed by atoms with Crippen LogP contribution in [-0.4, -0.2) is 92.5 Å². The molecular formula is C28H60NO8P. The Morgan fingerprint density at radius 3 is 1.58 bits per heavy atom. The molecule has 0 amide bonds. The maximum atomic E-state index is 12.1. The summed E-state index contributed by atoms with van der Waals surface area (Å²) in [4.78, 5) is 11.6. The van der Waals surface area contributed by atoms with Gasteiger partial charge < -0.3 is 24.6 Å². The van der Waals surface area contributed by atoms with Crippen LogP contribution in [0.1, 0.15) is 110 Å². The van der Waals surface area contributed by atoms with Crippen molar-refractivity contribution < 1.29 is 38.2 Å². The Hall–Kier alpha value is -0.0900. The van der Waals surface area contributed by atoms with Gasteiger partial charge in [0.05, 0.1) is 33.0 Å². The molecule has 0 aromatic rings. The number of phosphoric ester groups is 1. The number of hydrogen-bond donors (Lipinski definition) is 3. The quantitative estimate of drug-likeness (QED) is 0.0714. The van der Waals surface area contributed by atoms with E-state index in [1.54, 1.807) is 4.90 Å². The van der Waals surface area contributed by atoms with Crippen LogP contribution in [0.2, 0.25) is 0 Å². The fourth-order valence-corrected chi connectivity index (χ4v) is 5.01. The second-order valence-corrected chi connectivity index (χ2v) is 11.6. The van der Waals surface area contributed by atoms with E-state index in [2.05, 4.69) is 6.92 Å². The van der Waals surface area contributed by atoms with Gasteiger partial charge in [-0.3, -0.25) is 13.9 Å². The van der Waals surface area contributed by atoms with Crippen LogP contribution in [0.15, 0.2) is 0 Å². The van der Waals surface area contributed by atoms with Gasteiger partial charge in [-0.15, -0.1) is 0 Å². The predicted molar refractivity (Wildman–Crippen MR) is 154 cm³/mol. The van der Waals surface area contributed by atoms with Crippen LogP contribution in [0, 0.1) is 0 Å². The highest BCUT2D eigenvalue weighted by Crippen LogP contribution is 2.43. The predicted octanol–water partition coefficient (Wildman–Crippen LogP) is 5.70. The van der Waals surface area contributed by atoms with Crippen LogP contribution in [0.3, 0.4) is 0 Å². The molecule has 1 unspecified atom stereocenters. The Balaban J connectivity index is 3.59. The van der Waals surface area contributed by atoms with E-state index in [1.165, 1.54) is 97.0 Å². The molecule has 0 aliphatic heterocycles. The Morgan fingerprint density at radius 1 is 0.658 bits per heavy atom. The minimum atomic E-state index is -4.22. The standard InChI is InChI=1S/C28H60NO8P/c1-3-4-5-6-7-8-9-10-11-12-13-14-15-16-17-18-24-35-26-28(34-2)27-37-38(32,33)36-25-21-29(19-22-30)20-23-31/h28,30-31H,3-27H2,1-2H3,(H,32,33)/t28-/m1/s1. The van der Waals surface area contributed by atoms with Gasteiger partial charge in [-0.2, -0.15) is 0 Å². The van der Waals surface area contributed by atoms with Gasteiger partial charge in [0.15, 0.2) is 0 Å². The fraction of sp³-hybridized carbons (Fsp3) is 1.00. The SMILES string of the molecule is CCCCCCCCCCCCCCCCCCOC[C@H](COP(=O)(O)OCCN(CCO)CCO)OC. The Kier molecular flexibility index (Phi) is 28.4. The van der Waals surface area contributed by atoms with Gasteiger partial charge in [0, 0.05) is 33.4 Å². The smallest absolute Gasteiger partial charge is 0.395 e. The van der Waals surface area contributed by atoms with Crippen molar-refractivity contribution in [2.24, 2.45) is 0 Å². The lowest BCUT2D eigenvalue weighted by atomic mass is 10.0. The van der Waals surface area contributed by atoms with E-state index < -0.39 is 13.9 Å². The molecule has 230 valence electrons. The van der Waals surface area contributed by atoms with Crippen molar-refractivity contribution in [3.05, 3.63) is 0 Å². The van der Waals surface area contributed by atoms with E-state index in [0.29, 0.717) is 26.2 Å². The molecular weight excluding hydrogens is 509 g/mol. The number of ether oxygens (including phenoxy) is 2. The van der Waals surface area contributed by atoms with Gasteiger partial charge in [0.1, 0.15) is 6.10 Å². The van der Waals surface area contributed by atoms with Crippen molar-refractivity contribution in [1.82, 2.24) is 4.90 Å². The first-order chi connectivity index (χ1) is 18.5. The topological polar surface area (TPSA) is 118 Å². The highest BCUT2D eigenvalue weighted by Gasteiger charge is 2.23. The summed E-state index contributed by atoms with van der Waals surface area (Å²) in [6, 6.07) is 0. The number of phosphoric acid groups is 1. The maximum absolute atomic E-state index is 12.1. The van der Waals surface area contributed by atoms with Crippen molar-refractivity contribution in [1.29, 1.82) is 0 Å². The van der Waals surface area contributed by atoms with Crippen LogP contribution < -0.4 is 0 Å². The second kappa shape index (κ2) is 28.4. The summed E-state index contributed by atoms with van der Waals surface area (Å²) < 4.78 is 33.0. The minimum Gasteiger partial charge on any atom is -0.395 e. The Bertz CT molecular complexity index is 523. The Morgan fingerprint density at radius 2 is 1.13 bits per heavy atom. The second-order valence-electron chi connectivity index (χ2n) is 10.1. The van der Waals surface area contributed by atoms with E-state index in [9.17, 15) is 9.46 Å². The number of hydrogen-bond acceptors (Lipinski definition) is 8. The molecule has 0 bridgehead atoms. The minimum absolute atomic E-state index is 0.0544. The monoisotopic (exact) mass is 569 g/mol. The van der Waals surface area contributed by atoms with Gasteiger partial charge in [-0.05, 0) is 6.42 Å². The van der Waals surface area contributed by atoms with E-state index in [0.717, 1.165) is 12.8 Å². The molecule has 0 aromatic carbocycles. The summed E-state index contributed by atoms with van der Waals surface area (Å²) in [6.45, 7) is 3.89. The average Bonchev–Trinajstić information content (AvgIpc) is 2.89. The normalized spacial score (nSPS) is 14.3. The van der Waals surface area contributed by atoms with Crippen LogP contribution in [0.25, 0.3) is 0 Å². The third kappa shape index (κ3) is 26.1. The van der Waals surface area contributed by atoms with Crippen LogP contribution in [-0.2, 0) is 23.1 Å². The van der Waals surface area contributed by atoms with E-state index in [4.69, 9.17) is 28.7 Å². The van der Waals surface area contributed by atoms with E-state index in [1.807, 2.05) is 0 Å². The van der Waals surface area contributed by atoms with Crippen molar-refractivity contribution in [2.75, 3.05) is 66.4 Å². The zero-order chi connectivity index (χ0) is 28.2. The molecule has 0 saturated heterocycles. The lowest BCUT2D eigenvalue weighted by Crippen LogP contribution is -2.32. The molecule has 0 aromatic heterocycles. The first-order valence-corrected chi connectivity index (χ1v) is 16.6. The van der Waals surface area contributed by atoms with Gasteiger partial charge >= 0.3 is 7.82 Å². The van der Waals surface area contributed by atoms with E-state index >= 15 is 0 Å². The number of aliphatic hydroxyl groups is 2. The summed E-state index contributed by atoms with van der Waals surface area (Å²) in [5, 5.41) is 18.0. The van der Waals surface area contributed by atoms with Crippen molar-refractivity contribution in [3.63, 3.8) is 0 Å². The van der Waals surface area contributed by atoms with E-state index in [-0.39, 0.29) is 33.0 Å².